The molecule has 6 nitrogen and oxygen atoms in total. The fourth-order valence-electron chi connectivity index (χ4n) is 1.82. The van der Waals surface area contributed by atoms with Crippen LogP contribution in [-0.2, 0) is 4.79 Å². The molecule has 2 N–H and O–H groups in total. The highest BCUT2D eigenvalue weighted by Crippen LogP contribution is 2.20. The highest BCUT2D eigenvalue weighted by molar-refractivity contribution is 5.73. The molecule has 0 fully saturated rings. The highest BCUT2D eigenvalue weighted by atomic mass is 16.6. The molecule has 0 saturated heterocycles. The van der Waals surface area contributed by atoms with Crippen molar-refractivity contribution in [2.24, 2.45) is 5.92 Å². The second kappa shape index (κ2) is 6.29. The minimum absolute atomic E-state index is 0.00238. The maximum atomic E-state index is 11.1. The number of carboxylic acids is 1. The topological polar surface area (TPSA) is 92.5 Å². The van der Waals surface area contributed by atoms with Crippen LogP contribution in [0.3, 0.4) is 0 Å². The van der Waals surface area contributed by atoms with Gasteiger partial charge in [0.05, 0.1) is 4.92 Å². The van der Waals surface area contributed by atoms with Gasteiger partial charge in [0, 0.05) is 18.2 Å². The van der Waals surface area contributed by atoms with Crippen molar-refractivity contribution in [3.05, 3.63) is 39.9 Å². The Bertz CT molecular complexity index is 473. The normalized spacial score (nSPS) is 14.1. The molecule has 0 radical (unpaired) electrons. The lowest BCUT2D eigenvalue weighted by Crippen LogP contribution is -2.42. The number of non-ortho nitro benzene ring substituents is 1. The maximum absolute atomic E-state index is 11.1. The number of benzene rings is 1. The smallest absolute Gasteiger partial charge is 0.320 e. The summed E-state index contributed by atoms with van der Waals surface area (Å²) in [5.41, 5.74) is 0.698. The van der Waals surface area contributed by atoms with Crippen LogP contribution in [0.2, 0.25) is 0 Å². The minimum atomic E-state index is -0.924. The molecular formula is C13H18N2O4. The van der Waals surface area contributed by atoms with E-state index in [4.69, 9.17) is 5.11 Å². The van der Waals surface area contributed by atoms with Crippen molar-refractivity contribution in [2.75, 3.05) is 0 Å². The molecule has 104 valence electrons. The number of hydrogen-bond acceptors (Lipinski definition) is 4. The summed E-state index contributed by atoms with van der Waals surface area (Å²) in [6, 6.07) is 5.24. The molecule has 19 heavy (non-hydrogen) atoms. The van der Waals surface area contributed by atoms with E-state index in [-0.39, 0.29) is 17.6 Å². The van der Waals surface area contributed by atoms with E-state index in [1.165, 1.54) is 12.1 Å². The summed E-state index contributed by atoms with van der Waals surface area (Å²) >= 11 is 0. The average Bonchev–Trinajstić information content (AvgIpc) is 2.34. The van der Waals surface area contributed by atoms with Crippen molar-refractivity contribution in [1.82, 2.24) is 5.32 Å². The van der Waals surface area contributed by atoms with Gasteiger partial charge >= 0.3 is 5.97 Å². The van der Waals surface area contributed by atoms with Crippen LogP contribution in [-0.4, -0.2) is 22.0 Å². The van der Waals surface area contributed by atoms with E-state index in [9.17, 15) is 14.9 Å². The first kappa shape index (κ1) is 15.1. The van der Waals surface area contributed by atoms with Crippen LogP contribution in [0.25, 0.3) is 0 Å². The van der Waals surface area contributed by atoms with Crippen LogP contribution < -0.4 is 5.32 Å². The lowest BCUT2D eigenvalue weighted by Gasteiger charge is -2.23. The molecule has 0 aliphatic rings. The first-order valence-electron chi connectivity index (χ1n) is 6.06. The van der Waals surface area contributed by atoms with Crippen molar-refractivity contribution in [2.45, 2.75) is 32.9 Å². The molecule has 1 rings (SSSR count). The summed E-state index contributed by atoms with van der Waals surface area (Å²) < 4.78 is 0. The first-order chi connectivity index (χ1) is 8.82. The average molecular weight is 266 g/mol. The van der Waals surface area contributed by atoms with Gasteiger partial charge in [-0.2, -0.15) is 0 Å². The number of carbonyl (C=O) groups is 1. The monoisotopic (exact) mass is 266 g/mol. The zero-order valence-electron chi connectivity index (χ0n) is 11.2. The minimum Gasteiger partial charge on any atom is -0.480 e. The van der Waals surface area contributed by atoms with Gasteiger partial charge in [0.25, 0.3) is 5.69 Å². The Balaban J connectivity index is 2.88. The van der Waals surface area contributed by atoms with Crippen LogP contribution in [0.1, 0.15) is 32.4 Å². The standard InChI is InChI=1S/C13H18N2O4/c1-8(2)12(13(16)17)14-9(3)10-5-4-6-11(7-10)15(18)19/h4-9,12,14H,1-3H3,(H,16,17). The van der Waals surface area contributed by atoms with Gasteiger partial charge in [0.15, 0.2) is 0 Å². The summed E-state index contributed by atoms with van der Waals surface area (Å²) in [5, 5.41) is 22.8. The fraction of sp³-hybridized carbons (Fsp3) is 0.462. The Kier molecular flexibility index (Phi) is 5.00. The molecule has 0 aliphatic carbocycles. The van der Waals surface area contributed by atoms with Gasteiger partial charge in [0.1, 0.15) is 6.04 Å². The van der Waals surface area contributed by atoms with Gasteiger partial charge in [-0.05, 0) is 18.4 Å². The van der Waals surface area contributed by atoms with Crippen LogP contribution >= 0.6 is 0 Å². The summed E-state index contributed by atoms with van der Waals surface area (Å²) in [5.74, 6) is -0.995. The fourth-order valence-corrected chi connectivity index (χ4v) is 1.82. The molecule has 0 amide bonds. The number of nitro benzene ring substituents is 1. The number of aliphatic carboxylic acids is 1. The van der Waals surface area contributed by atoms with Gasteiger partial charge in [0.2, 0.25) is 0 Å². The molecule has 2 atom stereocenters. The Morgan fingerprint density at radius 3 is 2.47 bits per heavy atom. The van der Waals surface area contributed by atoms with E-state index >= 15 is 0 Å². The number of nitro groups is 1. The van der Waals surface area contributed by atoms with Gasteiger partial charge in [-0.3, -0.25) is 20.2 Å². The zero-order valence-corrected chi connectivity index (χ0v) is 11.2. The van der Waals surface area contributed by atoms with E-state index in [1.807, 2.05) is 13.8 Å². The molecule has 0 saturated carbocycles. The van der Waals surface area contributed by atoms with Crippen molar-refractivity contribution < 1.29 is 14.8 Å². The summed E-state index contributed by atoms with van der Waals surface area (Å²) in [7, 11) is 0. The highest BCUT2D eigenvalue weighted by Gasteiger charge is 2.23. The molecular weight excluding hydrogens is 248 g/mol. The maximum Gasteiger partial charge on any atom is 0.320 e. The predicted molar refractivity (Wildman–Crippen MR) is 70.9 cm³/mol. The summed E-state index contributed by atoms with van der Waals surface area (Å²) in [6.07, 6.45) is 0. The first-order valence-corrected chi connectivity index (χ1v) is 6.06. The molecule has 1 aromatic rings. The number of nitrogens with one attached hydrogen (secondary N) is 1. The van der Waals surface area contributed by atoms with Crippen LogP contribution in [0.15, 0.2) is 24.3 Å². The van der Waals surface area contributed by atoms with Crippen molar-refractivity contribution in [3.63, 3.8) is 0 Å². The second-order valence-electron chi connectivity index (χ2n) is 4.80. The van der Waals surface area contributed by atoms with E-state index in [0.29, 0.717) is 5.56 Å². The van der Waals surface area contributed by atoms with E-state index in [2.05, 4.69) is 5.32 Å². The summed E-state index contributed by atoms with van der Waals surface area (Å²) in [4.78, 5) is 21.4. The van der Waals surface area contributed by atoms with E-state index in [0.717, 1.165) is 0 Å². The van der Waals surface area contributed by atoms with Crippen molar-refractivity contribution in [1.29, 1.82) is 0 Å². The third-order valence-electron chi connectivity index (χ3n) is 2.94. The Morgan fingerprint density at radius 1 is 1.37 bits per heavy atom. The number of hydrogen-bond donors (Lipinski definition) is 2. The molecule has 0 aromatic heterocycles. The third-order valence-corrected chi connectivity index (χ3v) is 2.94. The number of rotatable bonds is 6. The quantitative estimate of drug-likeness (QED) is 0.609. The van der Waals surface area contributed by atoms with Gasteiger partial charge < -0.3 is 5.11 Å². The Labute approximate surface area is 111 Å². The van der Waals surface area contributed by atoms with Crippen molar-refractivity contribution in [3.8, 4) is 0 Å². The van der Waals surface area contributed by atoms with Crippen molar-refractivity contribution >= 4 is 11.7 Å². The van der Waals surface area contributed by atoms with E-state index < -0.39 is 16.9 Å². The third kappa shape index (κ3) is 4.03. The lowest BCUT2D eigenvalue weighted by molar-refractivity contribution is -0.384. The predicted octanol–water partition coefficient (Wildman–Crippen LogP) is 2.35. The summed E-state index contributed by atoms with van der Waals surface area (Å²) in [6.45, 7) is 5.41. The lowest BCUT2D eigenvalue weighted by atomic mass is 10.0. The second-order valence-corrected chi connectivity index (χ2v) is 4.80. The number of nitrogens with zero attached hydrogens (tertiary/aromatic N) is 1. The molecule has 0 heterocycles. The Morgan fingerprint density at radius 2 is 2.00 bits per heavy atom. The van der Waals surface area contributed by atoms with Gasteiger partial charge in [-0.25, -0.2) is 0 Å². The SMILES string of the molecule is CC(NC(C(=O)O)C(C)C)c1cccc([N+](=O)[O-])c1. The van der Waals surface area contributed by atoms with Crippen LogP contribution in [0.4, 0.5) is 5.69 Å². The van der Waals surface area contributed by atoms with Crippen LogP contribution in [0, 0.1) is 16.0 Å². The Hall–Kier alpha value is -1.95. The molecule has 0 aliphatic heterocycles. The molecule has 0 bridgehead atoms. The van der Waals surface area contributed by atoms with E-state index in [1.54, 1.807) is 19.1 Å². The van der Waals surface area contributed by atoms with Gasteiger partial charge in [-0.15, -0.1) is 0 Å². The largest absolute Gasteiger partial charge is 0.480 e. The number of carboxylic acid groups (broad SMARTS) is 1. The molecule has 2 unspecified atom stereocenters. The van der Waals surface area contributed by atoms with Crippen LogP contribution in [0.5, 0.6) is 0 Å². The molecule has 6 heteroatoms. The molecule has 0 spiro atoms. The molecule has 1 aromatic carbocycles. The van der Waals surface area contributed by atoms with Gasteiger partial charge in [-0.1, -0.05) is 26.0 Å². The zero-order chi connectivity index (χ0) is 14.6.